The number of hydrogen-bond donors (Lipinski definition) is 2. The van der Waals surface area contributed by atoms with Gasteiger partial charge in [0.05, 0.1) is 29.6 Å². The van der Waals surface area contributed by atoms with Crippen LogP contribution in [0.15, 0.2) is 33.2 Å². The average molecular weight is 390 g/mol. The van der Waals surface area contributed by atoms with Crippen LogP contribution in [0.1, 0.15) is 55.6 Å². The number of likely N-dealkylation sites (tertiary alicyclic amines) is 1. The topological polar surface area (TPSA) is 65.7 Å². The van der Waals surface area contributed by atoms with E-state index in [9.17, 15) is 0 Å². The van der Waals surface area contributed by atoms with E-state index in [0.29, 0.717) is 6.54 Å². The van der Waals surface area contributed by atoms with E-state index in [1.165, 1.54) is 24.3 Å². The number of thiazole rings is 1. The number of rotatable bonds is 8. The second kappa shape index (κ2) is 10.5. The van der Waals surface area contributed by atoms with Gasteiger partial charge in [-0.05, 0) is 51.4 Å². The fraction of sp³-hybridized carbons (Fsp3) is 0.600. The van der Waals surface area contributed by atoms with Crippen LogP contribution in [-0.2, 0) is 13.0 Å². The number of nitrogens with zero attached hydrogens (tertiary/aromatic N) is 3. The van der Waals surface area contributed by atoms with Gasteiger partial charge in [0.15, 0.2) is 5.96 Å². The predicted octanol–water partition coefficient (Wildman–Crippen LogP) is 3.58. The van der Waals surface area contributed by atoms with Gasteiger partial charge in [-0.2, -0.15) is 0 Å². The normalized spacial score (nSPS) is 17.0. The molecule has 1 fully saturated rings. The first kappa shape index (κ1) is 19.9. The van der Waals surface area contributed by atoms with Gasteiger partial charge in [0.2, 0.25) is 0 Å². The number of piperidine rings is 1. The highest BCUT2D eigenvalue weighted by Gasteiger charge is 2.24. The Morgan fingerprint density at radius 1 is 1.30 bits per heavy atom. The monoisotopic (exact) mass is 389 g/mol. The van der Waals surface area contributed by atoms with Crippen LogP contribution in [0, 0.1) is 0 Å². The van der Waals surface area contributed by atoms with Gasteiger partial charge in [-0.15, -0.1) is 11.3 Å². The number of guanidine groups is 1. The van der Waals surface area contributed by atoms with Crippen LogP contribution in [-0.4, -0.2) is 42.0 Å². The maximum absolute atomic E-state index is 5.73. The smallest absolute Gasteiger partial charge is 0.191 e. The molecule has 0 aromatic carbocycles. The molecule has 3 rings (SSSR count). The minimum Gasteiger partial charge on any atom is -0.468 e. The van der Waals surface area contributed by atoms with Gasteiger partial charge in [0, 0.05) is 18.5 Å². The number of aromatic nitrogens is 1. The molecular weight excluding hydrogens is 358 g/mol. The lowest BCUT2D eigenvalue weighted by molar-refractivity contribution is 0.146. The Hall–Kier alpha value is -1.86. The molecule has 1 atom stereocenters. The Kier molecular flexibility index (Phi) is 7.71. The lowest BCUT2D eigenvalue weighted by Crippen LogP contribution is -2.44. The molecule has 0 aliphatic carbocycles. The van der Waals surface area contributed by atoms with E-state index in [4.69, 9.17) is 9.41 Å². The molecule has 1 aliphatic heterocycles. The zero-order valence-electron chi connectivity index (χ0n) is 16.4. The molecule has 0 amide bonds. The second-order valence-corrected chi connectivity index (χ2v) is 7.73. The molecule has 2 N–H and O–H groups in total. The molecule has 0 spiro atoms. The summed E-state index contributed by atoms with van der Waals surface area (Å²) in [5.41, 5.74) is 1.03. The van der Waals surface area contributed by atoms with Crippen molar-refractivity contribution in [2.75, 3.05) is 26.2 Å². The number of hydrogen-bond acceptors (Lipinski definition) is 5. The van der Waals surface area contributed by atoms with E-state index in [0.717, 1.165) is 50.0 Å². The summed E-state index contributed by atoms with van der Waals surface area (Å²) in [6, 6.07) is 4.28. The van der Waals surface area contributed by atoms with Crippen LogP contribution in [0.2, 0.25) is 0 Å². The van der Waals surface area contributed by atoms with E-state index >= 15 is 0 Å². The molecule has 2 aromatic heterocycles. The third-order valence-electron chi connectivity index (χ3n) is 4.81. The van der Waals surface area contributed by atoms with Crippen LogP contribution in [0.4, 0.5) is 0 Å². The SMILES string of the molecule is CCNC(=NCc1csc(CC)n1)NCC(c1ccco1)N1CCCCC1. The molecule has 1 aliphatic rings. The van der Waals surface area contributed by atoms with Crippen molar-refractivity contribution in [2.24, 2.45) is 4.99 Å². The Bertz CT molecular complexity index is 691. The number of nitrogens with one attached hydrogen (secondary N) is 2. The lowest BCUT2D eigenvalue weighted by Gasteiger charge is -2.33. The van der Waals surface area contributed by atoms with Crippen molar-refractivity contribution in [1.82, 2.24) is 20.5 Å². The van der Waals surface area contributed by atoms with Crippen LogP contribution >= 0.6 is 11.3 Å². The zero-order chi connectivity index (χ0) is 18.9. The standard InChI is InChI=1S/C20H31N5OS/c1-3-19-24-16(15-27-19)13-22-20(21-4-2)23-14-17(18-9-8-12-26-18)25-10-6-5-7-11-25/h8-9,12,15,17H,3-7,10-11,13-14H2,1-2H3,(H2,21,22,23). The van der Waals surface area contributed by atoms with Gasteiger partial charge in [0.25, 0.3) is 0 Å². The molecule has 0 radical (unpaired) electrons. The number of aliphatic imine (C=N–C) groups is 1. The largest absolute Gasteiger partial charge is 0.468 e. The quantitative estimate of drug-likeness (QED) is 0.534. The first-order chi connectivity index (χ1) is 13.3. The molecule has 27 heavy (non-hydrogen) atoms. The molecule has 7 heteroatoms. The average Bonchev–Trinajstić information content (AvgIpc) is 3.39. The Balaban J connectivity index is 1.63. The van der Waals surface area contributed by atoms with E-state index in [1.54, 1.807) is 17.6 Å². The summed E-state index contributed by atoms with van der Waals surface area (Å²) in [6.07, 6.45) is 6.59. The minimum absolute atomic E-state index is 0.232. The van der Waals surface area contributed by atoms with Crippen molar-refractivity contribution in [2.45, 2.75) is 52.1 Å². The van der Waals surface area contributed by atoms with Crippen LogP contribution in [0.5, 0.6) is 0 Å². The van der Waals surface area contributed by atoms with E-state index in [2.05, 4.69) is 45.8 Å². The summed E-state index contributed by atoms with van der Waals surface area (Å²) in [7, 11) is 0. The van der Waals surface area contributed by atoms with Crippen molar-refractivity contribution >= 4 is 17.3 Å². The minimum atomic E-state index is 0.232. The molecule has 0 bridgehead atoms. The maximum atomic E-state index is 5.73. The van der Waals surface area contributed by atoms with Crippen LogP contribution < -0.4 is 10.6 Å². The summed E-state index contributed by atoms with van der Waals surface area (Å²) < 4.78 is 5.73. The maximum Gasteiger partial charge on any atom is 0.191 e. The highest BCUT2D eigenvalue weighted by Crippen LogP contribution is 2.24. The predicted molar refractivity (Wildman–Crippen MR) is 111 cm³/mol. The molecule has 3 heterocycles. The fourth-order valence-corrected chi connectivity index (χ4v) is 4.14. The third-order valence-corrected chi connectivity index (χ3v) is 5.85. The zero-order valence-corrected chi connectivity index (χ0v) is 17.2. The third kappa shape index (κ3) is 5.81. The highest BCUT2D eigenvalue weighted by molar-refractivity contribution is 7.09. The summed E-state index contributed by atoms with van der Waals surface area (Å²) in [5, 5.41) is 10.1. The van der Waals surface area contributed by atoms with Gasteiger partial charge in [-0.25, -0.2) is 9.98 Å². The second-order valence-electron chi connectivity index (χ2n) is 6.79. The molecule has 1 saturated heterocycles. The molecule has 0 saturated carbocycles. The van der Waals surface area contributed by atoms with Crippen molar-refractivity contribution in [3.05, 3.63) is 40.2 Å². The summed E-state index contributed by atoms with van der Waals surface area (Å²) in [4.78, 5) is 11.8. The van der Waals surface area contributed by atoms with Gasteiger partial charge in [0.1, 0.15) is 5.76 Å². The van der Waals surface area contributed by atoms with E-state index < -0.39 is 0 Å². The number of aryl methyl sites for hydroxylation is 1. The molecule has 2 aromatic rings. The van der Waals surface area contributed by atoms with Gasteiger partial charge < -0.3 is 15.1 Å². The van der Waals surface area contributed by atoms with Crippen molar-refractivity contribution < 1.29 is 4.42 Å². The van der Waals surface area contributed by atoms with Crippen molar-refractivity contribution in [1.29, 1.82) is 0 Å². The van der Waals surface area contributed by atoms with Crippen LogP contribution in [0.25, 0.3) is 0 Å². The Morgan fingerprint density at radius 3 is 2.81 bits per heavy atom. The first-order valence-electron chi connectivity index (χ1n) is 10.0. The van der Waals surface area contributed by atoms with Crippen molar-refractivity contribution in [3.8, 4) is 0 Å². The van der Waals surface area contributed by atoms with E-state index in [-0.39, 0.29) is 6.04 Å². The van der Waals surface area contributed by atoms with Crippen molar-refractivity contribution in [3.63, 3.8) is 0 Å². The Labute approximate surface area is 166 Å². The van der Waals surface area contributed by atoms with Crippen LogP contribution in [0.3, 0.4) is 0 Å². The summed E-state index contributed by atoms with van der Waals surface area (Å²) in [5.74, 6) is 1.85. The van der Waals surface area contributed by atoms with Gasteiger partial charge in [-0.1, -0.05) is 13.3 Å². The molecule has 1 unspecified atom stereocenters. The Morgan fingerprint density at radius 2 is 2.15 bits per heavy atom. The van der Waals surface area contributed by atoms with Gasteiger partial charge >= 0.3 is 0 Å². The number of furan rings is 1. The molecule has 148 valence electrons. The van der Waals surface area contributed by atoms with Gasteiger partial charge in [-0.3, -0.25) is 4.90 Å². The summed E-state index contributed by atoms with van der Waals surface area (Å²) in [6.45, 7) is 8.67. The fourth-order valence-electron chi connectivity index (χ4n) is 3.40. The highest BCUT2D eigenvalue weighted by atomic mass is 32.1. The first-order valence-corrected chi connectivity index (χ1v) is 10.9. The van der Waals surface area contributed by atoms with E-state index in [1.807, 2.05) is 6.07 Å². The molecular formula is C20H31N5OS. The molecule has 6 nitrogen and oxygen atoms in total. The summed E-state index contributed by atoms with van der Waals surface area (Å²) >= 11 is 1.71. The lowest BCUT2D eigenvalue weighted by atomic mass is 10.1.